The summed E-state index contributed by atoms with van der Waals surface area (Å²) < 4.78 is 50.2. The van der Waals surface area contributed by atoms with Crippen molar-refractivity contribution in [2.75, 3.05) is 13.7 Å². The molecule has 0 aliphatic heterocycles. The number of carbonyl (C=O) groups excluding carboxylic acids is 1. The summed E-state index contributed by atoms with van der Waals surface area (Å²) in [5.41, 5.74) is 4.89. The zero-order valence-corrected chi connectivity index (χ0v) is 10.8. The molecule has 1 aromatic rings. The SMILES string of the molecule is CCOC(=O)c1cc(OC)c(CN)nc1OC(F)(F)F. The molecule has 1 rings (SSSR count). The normalized spacial score (nSPS) is 11.1. The van der Waals surface area contributed by atoms with E-state index in [1.165, 1.54) is 14.0 Å². The molecule has 0 saturated carbocycles. The van der Waals surface area contributed by atoms with E-state index in [2.05, 4.69) is 14.5 Å². The molecule has 0 unspecified atom stereocenters. The van der Waals surface area contributed by atoms with Crippen LogP contribution in [0.5, 0.6) is 11.6 Å². The minimum Gasteiger partial charge on any atom is -0.495 e. The third kappa shape index (κ3) is 3.98. The third-order valence-electron chi connectivity index (χ3n) is 2.15. The van der Waals surface area contributed by atoms with Gasteiger partial charge in [-0.3, -0.25) is 0 Å². The largest absolute Gasteiger partial charge is 0.574 e. The van der Waals surface area contributed by atoms with Gasteiger partial charge < -0.3 is 19.9 Å². The number of nitrogens with two attached hydrogens (primary N) is 1. The number of pyridine rings is 1. The number of rotatable bonds is 5. The van der Waals surface area contributed by atoms with Crippen molar-refractivity contribution in [2.24, 2.45) is 5.73 Å². The van der Waals surface area contributed by atoms with Crippen LogP contribution in [0.2, 0.25) is 0 Å². The first kappa shape index (κ1) is 16.0. The molecule has 1 aromatic heterocycles. The van der Waals surface area contributed by atoms with Crippen LogP contribution in [-0.2, 0) is 11.3 Å². The van der Waals surface area contributed by atoms with Crippen LogP contribution in [0.15, 0.2) is 6.07 Å². The highest BCUT2D eigenvalue weighted by Gasteiger charge is 2.35. The first-order valence-electron chi connectivity index (χ1n) is 5.53. The molecule has 0 atom stereocenters. The number of aromatic nitrogens is 1. The lowest BCUT2D eigenvalue weighted by Gasteiger charge is -2.14. The van der Waals surface area contributed by atoms with Crippen molar-refractivity contribution in [3.63, 3.8) is 0 Å². The van der Waals surface area contributed by atoms with Gasteiger partial charge in [0.2, 0.25) is 5.88 Å². The Morgan fingerprint density at radius 3 is 2.55 bits per heavy atom. The van der Waals surface area contributed by atoms with Gasteiger partial charge in [-0.1, -0.05) is 0 Å². The van der Waals surface area contributed by atoms with Crippen LogP contribution in [-0.4, -0.2) is 31.0 Å². The number of esters is 1. The molecule has 0 aliphatic rings. The van der Waals surface area contributed by atoms with E-state index in [0.717, 1.165) is 6.07 Å². The second-order valence-electron chi connectivity index (χ2n) is 3.46. The molecular weight excluding hydrogens is 281 g/mol. The van der Waals surface area contributed by atoms with Crippen LogP contribution in [0.4, 0.5) is 13.2 Å². The van der Waals surface area contributed by atoms with Gasteiger partial charge in [0, 0.05) is 12.6 Å². The highest BCUT2D eigenvalue weighted by atomic mass is 19.4. The molecular formula is C11H13F3N2O4. The lowest BCUT2D eigenvalue weighted by Crippen LogP contribution is -2.21. The monoisotopic (exact) mass is 294 g/mol. The topological polar surface area (TPSA) is 83.7 Å². The smallest absolute Gasteiger partial charge is 0.495 e. The molecule has 2 N–H and O–H groups in total. The predicted octanol–water partition coefficient (Wildman–Crippen LogP) is 1.62. The number of nitrogens with zero attached hydrogens (tertiary/aromatic N) is 1. The van der Waals surface area contributed by atoms with Crippen LogP contribution in [0.25, 0.3) is 0 Å². The first-order valence-corrected chi connectivity index (χ1v) is 5.53. The van der Waals surface area contributed by atoms with Gasteiger partial charge in [-0.05, 0) is 6.92 Å². The van der Waals surface area contributed by atoms with Gasteiger partial charge >= 0.3 is 12.3 Å². The van der Waals surface area contributed by atoms with E-state index < -0.39 is 23.8 Å². The van der Waals surface area contributed by atoms with E-state index >= 15 is 0 Å². The summed E-state index contributed by atoms with van der Waals surface area (Å²) in [6.45, 7) is 1.33. The van der Waals surface area contributed by atoms with Gasteiger partial charge in [0.1, 0.15) is 11.3 Å². The molecule has 6 nitrogen and oxygen atoms in total. The first-order chi connectivity index (χ1) is 9.32. The minimum atomic E-state index is -4.99. The zero-order chi connectivity index (χ0) is 15.3. The van der Waals surface area contributed by atoms with Crippen molar-refractivity contribution in [3.05, 3.63) is 17.3 Å². The van der Waals surface area contributed by atoms with Gasteiger partial charge in [-0.2, -0.15) is 0 Å². The summed E-state index contributed by atoms with van der Waals surface area (Å²) in [4.78, 5) is 15.2. The lowest BCUT2D eigenvalue weighted by molar-refractivity contribution is -0.276. The number of methoxy groups -OCH3 is 1. The highest BCUT2D eigenvalue weighted by molar-refractivity contribution is 5.92. The van der Waals surface area contributed by atoms with Crippen LogP contribution in [0.3, 0.4) is 0 Å². The number of ether oxygens (including phenoxy) is 3. The minimum absolute atomic E-state index is 0.00868. The van der Waals surface area contributed by atoms with E-state index in [0.29, 0.717) is 0 Å². The van der Waals surface area contributed by atoms with Crippen molar-refractivity contribution in [1.29, 1.82) is 0 Å². The van der Waals surface area contributed by atoms with Crippen LogP contribution in [0.1, 0.15) is 23.0 Å². The fourth-order valence-electron chi connectivity index (χ4n) is 1.38. The molecule has 0 fully saturated rings. The van der Waals surface area contributed by atoms with Gasteiger partial charge in [-0.25, -0.2) is 9.78 Å². The summed E-state index contributed by atoms with van der Waals surface area (Å²) in [6.07, 6.45) is -4.99. The second kappa shape index (κ2) is 6.42. The maximum atomic E-state index is 12.3. The Balaban J connectivity index is 3.32. The predicted molar refractivity (Wildman–Crippen MR) is 61.3 cm³/mol. The van der Waals surface area contributed by atoms with Gasteiger partial charge in [0.05, 0.1) is 19.4 Å². The van der Waals surface area contributed by atoms with E-state index in [4.69, 9.17) is 10.5 Å². The standard InChI is InChI=1S/C11H13F3N2O4/c1-3-19-10(17)6-4-8(18-2)7(5-15)16-9(6)20-11(12,13)14/h4H,3,5,15H2,1-2H3. The Morgan fingerprint density at radius 2 is 2.10 bits per heavy atom. The molecule has 0 bridgehead atoms. The lowest BCUT2D eigenvalue weighted by atomic mass is 10.2. The Kier molecular flexibility index (Phi) is 5.14. The summed E-state index contributed by atoms with van der Waals surface area (Å²) >= 11 is 0. The van der Waals surface area contributed by atoms with Crippen molar-refractivity contribution in [1.82, 2.24) is 4.98 Å². The number of alkyl halides is 3. The molecule has 0 spiro atoms. The Morgan fingerprint density at radius 1 is 1.45 bits per heavy atom. The maximum absolute atomic E-state index is 12.3. The van der Waals surface area contributed by atoms with E-state index in [1.807, 2.05) is 0 Å². The number of hydrogen-bond acceptors (Lipinski definition) is 6. The number of halogens is 3. The van der Waals surface area contributed by atoms with Gasteiger partial charge in [0.15, 0.2) is 0 Å². The molecule has 0 amide bonds. The average molecular weight is 294 g/mol. The van der Waals surface area contributed by atoms with E-state index in [1.54, 1.807) is 0 Å². The van der Waals surface area contributed by atoms with Crippen molar-refractivity contribution >= 4 is 5.97 Å². The van der Waals surface area contributed by atoms with Gasteiger partial charge in [0.25, 0.3) is 0 Å². The Labute approximate surface area is 112 Å². The Bertz CT molecular complexity index is 491. The number of hydrogen-bond donors (Lipinski definition) is 1. The van der Waals surface area contributed by atoms with Gasteiger partial charge in [-0.15, -0.1) is 13.2 Å². The summed E-state index contributed by atoms with van der Waals surface area (Å²) in [7, 11) is 1.27. The van der Waals surface area contributed by atoms with Crippen LogP contribution < -0.4 is 15.2 Å². The molecule has 9 heteroatoms. The summed E-state index contributed by atoms with van der Waals surface area (Å²) in [6, 6.07) is 1.05. The van der Waals surface area contributed by atoms with E-state index in [-0.39, 0.29) is 24.6 Å². The fraction of sp³-hybridized carbons (Fsp3) is 0.455. The van der Waals surface area contributed by atoms with Crippen LogP contribution in [0, 0.1) is 0 Å². The second-order valence-corrected chi connectivity index (χ2v) is 3.46. The third-order valence-corrected chi connectivity index (χ3v) is 2.15. The molecule has 20 heavy (non-hydrogen) atoms. The quantitative estimate of drug-likeness (QED) is 0.831. The summed E-state index contributed by atoms with van der Waals surface area (Å²) in [5.74, 6) is -1.84. The van der Waals surface area contributed by atoms with Crippen molar-refractivity contribution in [2.45, 2.75) is 19.8 Å². The van der Waals surface area contributed by atoms with Crippen LogP contribution >= 0.6 is 0 Å². The molecule has 1 heterocycles. The zero-order valence-electron chi connectivity index (χ0n) is 10.8. The molecule has 0 saturated heterocycles. The maximum Gasteiger partial charge on any atom is 0.574 e. The van der Waals surface area contributed by atoms with Crippen molar-refractivity contribution in [3.8, 4) is 11.6 Å². The number of carbonyl (C=O) groups is 1. The highest BCUT2D eigenvalue weighted by Crippen LogP contribution is 2.30. The van der Waals surface area contributed by atoms with E-state index in [9.17, 15) is 18.0 Å². The fourth-order valence-corrected chi connectivity index (χ4v) is 1.38. The molecule has 0 radical (unpaired) electrons. The van der Waals surface area contributed by atoms with Crippen molar-refractivity contribution < 1.29 is 32.2 Å². The molecule has 0 aliphatic carbocycles. The summed E-state index contributed by atoms with van der Waals surface area (Å²) in [5, 5.41) is 0. The average Bonchev–Trinajstić information content (AvgIpc) is 2.36. The Hall–Kier alpha value is -2.03. The molecule has 112 valence electrons. The molecule has 0 aromatic carbocycles.